The fourth-order valence-electron chi connectivity index (χ4n) is 2.56. The summed E-state index contributed by atoms with van der Waals surface area (Å²) in [6, 6.07) is 13.8. The quantitative estimate of drug-likeness (QED) is 0.616. The Morgan fingerprint density at radius 1 is 1.07 bits per heavy atom. The van der Waals surface area contributed by atoms with Crippen LogP contribution in [0, 0.1) is 5.92 Å². The minimum Gasteiger partial charge on any atom is -0.436 e. The van der Waals surface area contributed by atoms with Crippen molar-refractivity contribution in [3.8, 4) is 11.5 Å². The van der Waals surface area contributed by atoms with Gasteiger partial charge in [0, 0.05) is 17.2 Å². The molecule has 0 aliphatic rings. The number of amides is 1. The zero-order valence-electron chi connectivity index (χ0n) is 15.9. The van der Waals surface area contributed by atoms with Crippen molar-refractivity contribution < 1.29 is 9.21 Å². The SMILES string of the molecule is CC(C)C(=O)NC(=S)Nc1ccc2oc(-c3ccc(C(C)C)cc3)nc2c1. The molecule has 0 aliphatic heterocycles. The van der Waals surface area contributed by atoms with Gasteiger partial charge >= 0.3 is 0 Å². The van der Waals surface area contributed by atoms with Gasteiger partial charge in [0.2, 0.25) is 11.8 Å². The molecule has 5 nitrogen and oxygen atoms in total. The van der Waals surface area contributed by atoms with E-state index in [0.717, 1.165) is 16.8 Å². The highest BCUT2D eigenvalue weighted by Gasteiger charge is 2.12. The van der Waals surface area contributed by atoms with Crippen molar-refractivity contribution in [1.82, 2.24) is 10.3 Å². The highest BCUT2D eigenvalue weighted by Crippen LogP contribution is 2.27. The Hall–Kier alpha value is -2.73. The van der Waals surface area contributed by atoms with Gasteiger partial charge in [0.25, 0.3) is 0 Å². The number of nitrogens with zero attached hydrogens (tertiary/aromatic N) is 1. The van der Waals surface area contributed by atoms with E-state index >= 15 is 0 Å². The lowest BCUT2D eigenvalue weighted by Crippen LogP contribution is -2.36. The van der Waals surface area contributed by atoms with Crippen LogP contribution in [0.4, 0.5) is 5.69 Å². The maximum atomic E-state index is 11.7. The summed E-state index contributed by atoms with van der Waals surface area (Å²) in [7, 11) is 0. The first-order valence-corrected chi connectivity index (χ1v) is 9.37. The molecule has 0 saturated carbocycles. The van der Waals surface area contributed by atoms with Crippen molar-refractivity contribution in [2.24, 2.45) is 5.92 Å². The van der Waals surface area contributed by atoms with Gasteiger partial charge in [-0.2, -0.15) is 0 Å². The van der Waals surface area contributed by atoms with Crippen LogP contribution in [-0.2, 0) is 4.79 Å². The van der Waals surface area contributed by atoms with Gasteiger partial charge in [-0.05, 0) is 54.0 Å². The average molecular weight is 382 g/mol. The lowest BCUT2D eigenvalue weighted by atomic mass is 10.0. The fraction of sp³-hybridized carbons (Fsp3) is 0.286. The number of fused-ring (bicyclic) bond motifs is 1. The summed E-state index contributed by atoms with van der Waals surface area (Å²) in [6.45, 7) is 7.96. The van der Waals surface area contributed by atoms with E-state index in [-0.39, 0.29) is 16.9 Å². The van der Waals surface area contributed by atoms with Crippen LogP contribution in [0.2, 0.25) is 0 Å². The predicted octanol–water partition coefficient (Wildman–Crippen LogP) is 5.09. The molecule has 1 amide bonds. The Labute approximate surface area is 164 Å². The van der Waals surface area contributed by atoms with Gasteiger partial charge in [-0.3, -0.25) is 4.79 Å². The summed E-state index contributed by atoms with van der Waals surface area (Å²) in [5.74, 6) is 0.805. The molecule has 2 N–H and O–H groups in total. The first kappa shape index (κ1) is 19.0. The minimum atomic E-state index is -0.132. The number of rotatable bonds is 4. The van der Waals surface area contributed by atoms with E-state index in [1.165, 1.54) is 5.56 Å². The van der Waals surface area contributed by atoms with Crippen molar-refractivity contribution in [1.29, 1.82) is 0 Å². The Balaban J connectivity index is 1.78. The summed E-state index contributed by atoms with van der Waals surface area (Å²) < 4.78 is 5.87. The van der Waals surface area contributed by atoms with Crippen LogP contribution in [0.15, 0.2) is 46.9 Å². The predicted molar refractivity (Wildman–Crippen MR) is 113 cm³/mol. The summed E-state index contributed by atoms with van der Waals surface area (Å²) in [5, 5.41) is 5.93. The molecule has 3 rings (SSSR count). The largest absolute Gasteiger partial charge is 0.436 e. The van der Waals surface area contributed by atoms with Crippen LogP contribution in [0.25, 0.3) is 22.6 Å². The maximum Gasteiger partial charge on any atom is 0.228 e. The van der Waals surface area contributed by atoms with Crippen LogP contribution >= 0.6 is 12.2 Å². The third kappa shape index (κ3) is 4.52. The van der Waals surface area contributed by atoms with Crippen LogP contribution in [0.1, 0.15) is 39.2 Å². The van der Waals surface area contributed by atoms with Crippen molar-refractivity contribution in [2.75, 3.05) is 5.32 Å². The number of thiocarbonyl (C=S) groups is 1. The standard InChI is InChI=1S/C21H23N3O2S/c1-12(2)14-5-7-15(8-6-14)20-23-17-11-16(9-10-18(17)26-20)22-21(27)24-19(25)13(3)4/h5-13H,1-4H3,(H2,22,24,25,27). The smallest absolute Gasteiger partial charge is 0.228 e. The van der Waals surface area contributed by atoms with E-state index in [0.29, 0.717) is 17.4 Å². The molecule has 0 spiro atoms. The number of nitrogens with one attached hydrogen (secondary N) is 2. The van der Waals surface area contributed by atoms with Crippen LogP contribution in [-0.4, -0.2) is 16.0 Å². The van der Waals surface area contributed by atoms with Gasteiger partial charge in [-0.25, -0.2) is 4.98 Å². The highest BCUT2D eigenvalue weighted by molar-refractivity contribution is 7.80. The molecule has 0 fully saturated rings. The van der Waals surface area contributed by atoms with E-state index in [9.17, 15) is 4.79 Å². The number of aromatic nitrogens is 1. The van der Waals surface area contributed by atoms with Crippen LogP contribution in [0.3, 0.4) is 0 Å². The molecule has 6 heteroatoms. The van der Waals surface area contributed by atoms with E-state index in [2.05, 4.69) is 41.6 Å². The number of hydrogen-bond donors (Lipinski definition) is 2. The minimum absolute atomic E-state index is 0.123. The molecule has 0 aliphatic carbocycles. The van der Waals surface area contributed by atoms with Crippen molar-refractivity contribution in [2.45, 2.75) is 33.6 Å². The number of carbonyl (C=O) groups excluding carboxylic acids is 1. The summed E-state index contributed by atoms with van der Waals surface area (Å²) in [4.78, 5) is 16.3. The molecular weight excluding hydrogens is 358 g/mol. The molecule has 0 bridgehead atoms. The fourth-order valence-corrected chi connectivity index (χ4v) is 2.78. The Morgan fingerprint density at radius 3 is 2.41 bits per heavy atom. The highest BCUT2D eigenvalue weighted by atomic mass is 32.1. The molecule has 1 heterocycles. The van der Waals surface area contributed by atoms with Crippen molar-refractivity contribution in [3.63, 3.8) is 0 Å². The molecule has 0 radical (unpaired) electrons. The maximum absolute atomic E-state index is 11.7. The Bertz CT molecular complexity index is 975. The van der Waals surface area contributed by atoms with Gasteiger partial charge in [-0.1, -0.05) is 39.8 Å². The second kappa shape index (κ2) is 7.88. The van der Waals surface area contributed by atoms with Crippen LogP contribution in [0.5, 0.6) is 0 Å². The number of benzene rings is 2. The number of hydrogen-bond acceptors (Lipinski definition) is 4. The van der Waals surface area contributed by atoms with E-state index < -0.39 is 0 Å². The molecule has 140 valence electrons. The monoisotopic (exact) mass is 381 g/mol. The van der Waals surface area contributed by atoms with E-state index in [4.69, 9.17) is 16.6 Å². The Morgan fingerprint density at radius 2 is 1.78 bits per heavy atom. The van der Waals surface area contributed by atoms with Gasteiger partial charge in [0.1, 0.15) is 5.52 Å². The summed E-state index contributed by atoms with van der Waals surface area (Å²) in [5.41, 5.74) is 4.37. The topological polar surface area (TPSA) is 67.2 Å². The van der Waals surface area contributed by atoms with Gasteiger partial charge in [0.15, 0.2) is 10.7 Å². The first-order chi connectivity index (χ1) is 12.8. The summed E-state index contributed by atoms with van der Waals surface area (Å²) in [6.07, 6.45) is 0. The van der Waals surface area contributed by atoms with E-state index in [1.54, 1.807) is 0 Å². The number of carbonyl (C=O) groups is 1. The normalized spacial score (nSPS) is 11.2. The molecule has 1 aromatic heterocycles. The van der Waals surface area contributed by atoms with Gasteiger partial charge in [-0.15, -0.1) is 0 Å². The molecule has 2 aromatic carbocycles. The third-order valence-corrected chi connectivity index (χ3v) is 4.43. The lowest BCUT2D eigenvalue weighted by molar-refractivity contribution is -0.122. The second-order valence-electron chi connectivity index (χ2n) is 7.08. The average Bonchev–Trinajstić information content (AvgIpc) is 3.04. The van der Waals surface area contributed by atoms with E-state index in [1.807, 2.05) is 44.2 Å². The zero-order chi connectivity index (χ0) is 19.6. The molecule has 0 atom stereocenters. The van der Waals surface area contributed by atoms with Gasteiger partial charge in [0.05, 0.1) is 0 Å². The molecule has 3 aromatic rings. The lowest BCUT2D eigenvalue weighted by Gasteiger charge is -2.10. The molecule has 0 saturated heterocycles. The zero-order valence-corrected chi connectivity index (χ0v) is 16.7. The van der Waals surface area contributed by atoms with Gasteiger partial charge < -0.3 is 15.1 Å². The number of oxazole rings is 1. The molecule has 27 heavy (non-hydrogen) atoms. The van der Waals surface area contributed by atoms with Crippen molar-refractivity contribution in [3.05, 3.63) is 48.0 Å². The Kier molecular flexibility index (Phi) is 5.56. The first-order valence-electron chi connectivity index (χ1n) is 8.96. The third-order valence-electron chi connectivity index (χ3n) is 4.23. The van der Waals surface area contributed by atoms with Crippen LogP contribution < -0.4 is 10.6 Å². The summed E-state index contributed by atoms with van der Waals surface area (Å²) >= 11 is 5.18. The molecular formula is C21H23N3O2S. The second-order valence-corrected chi connectivity index (χ2v) is 7.48. The van der Waals surface area contributed by atoms with Crippen molar-refractivity contribution >= 4 is 40.0 Å². The molecule has 0 unspecified atom stereocenters. The number of anilines is 1.